The van der Waals surface area contributed by atoms with Crippen molar-refractivity contribution in [3.8, 4) is 0 Å². The van der Waals surface area contributed by atoms with Gasteiger partial charge in [-0.05, 0) is 11.5 Å². The Morgan fingerprint density at radius 3 is 2.38 bits per heavy atom. The molecule has 1 aromatic rings. The largest absolute Gasteiger partial charge is 0.309 e. The zero-order valence-corrected chi connectivity index (χ0v) is 11.1. The monoisotopic (exact) mass is 239 g/mol. The van der Waals surface area contributed by atoms with E-state index >= 15 is 0 Å². The van der Waals surface area contributed by atoms with Gasteiger partial charge in [-0.2, -0.15) is 0 Å². The van der Waals surface area contributed by atoms with Crippen molar-refractivity contribution in [1.29, 1.82) is 0 Å². The molecule has 0 aromatic heterocycles. The maximum Gasteiger partial charge on any atom is 0.0357 e. The quantitative estimate of drug-likeness (QED) is 0.825. The molecule has 0 aliphatic heterocycles. The van der Waals surface area contributed by atoms with E-state index in [1.807, 2.05) is 6.07 Å². The predicted molar refractivity (Wildman–Crippen MR) is 71.0 cm³/mol. The lowest BCUT2D eigenvalue weighted by Gasteiger charge is -2.22. The van der Waals surface area contributed by atoms with Crippen LogP contribution in [0.15, 0.2) is 30.3 Å². The Morgan fingerprint density at radius 1 is 1.25 bits per heavy atom. The van der Waals surface area contributed by atoms with Crippen molar-refractivity contribution in [2.24, 2.45) is 5.92 Å². The van der Waals surface area contributed by atoms with Gasteiger partial charge in [0.05, 0.1) is 0 Å². The number of hydrogen-bond acceptors (Lipinski definition) is 2. The summed E-state index contributed by atoms with van der Waals surface area (Å²) in [4.78, 5) is 0. The molecule has 2 atom stereocenters. The van der Waals surface area contributed by atoms with E-state index in [9.17, 15) is 4.21 Å². The highest BCUT2D eigenvalue weighted by atomic mass is 32.2. The standard InChI is InChI=1S/C13H21NOS/c1-11(2)13(14-9-10-16(3)15)12-7-5-4-6-8-12/h4-8,11,13-14H,9-10H2,1-3H3. The smallest absolute Gasteiger partial charge is 0.0357 e. The molecule has 1 aromatic carbocycles. The molecule has 1 rings (SSSR count). The van der Waals surface area contributed by atoms with Gasteiger partial charge in [-0.1, -0.05) is 44.2 Å². The minimum Gasteiger partial charge on any atom is -0.309 e. The number of nitrogens with one attached hydrogen (secondary N) is 1. The molecule has 0 aliphatic carbocycles. The topological polar surface area (TPSA) is 29.1 Å². The maximum absolute atomic E-state index is 11.0. The second-order valence-electron chi connectivity index (χ2n) is 4.36. The van der Waals surface area contributed by atoms with Crippen molar-refractivity contribution in [1.82, 2.24) is 5.32 Å². The Morgan fingerprint density at radius 2 is 1.88 bits per heavy atom. The normalized spacial score (nSPS) is 15.0. The highest BCUT2D eigenvalue weighted by molar-refractivity contribution is 7.84. The molecular weight excluding hydrogens is 218 g/mol. The molecule has 2 unspecified atom stereocenters. The van der Waals surface area contributed by atoms with Crippen LogP contribution < -0.4 is 5.32 Å². The lowest BCUT2D eigenvalue weighted by Crippen LogP contribution is -2.29. The predicted octanol–water partition coefficient (Wildman–Crippen LogP) is 2.35. The van der Waals surface area contributed by atoms with Crippen molar-refractivity contribution in [3.05, 3.63) is 35.9 Å². The second-order valence-corrected chi connectivity index (χ2v) is 5.92. The van der Waals surface area contributed by atoms with Crippen LogP contribution >= 0.6 is 0 Å². The molecule has 1 N–H and O–H groups in total. The molecule has 0 amide bonds. The van der Waals surface area contributed by atoms with E-state index in [1.165, 1.54) is 5.56 Å². The Hall–Kier alpha value is -0.670. The summed E-state index contributed by atoms with van der Waals surface area (Å²) in [7, 11) is -0.714. The zero-order valence-electron chi connectivity index (χ0n) is 10.3. The van der Waals surface area contributed by atoms with Gasteiger partial charge in [0.2, 0.25) is 0 Å². The third-order valence-corrected chi connectivity index (χ3v) is 3.36. The van der Waals surface area contributed by atoms with Crippen LogP contribution in [0, 0.1) is 5.92 Å². The molecule has 0 saturated heterocycles. The first-order valence-corrected chi connectivity index (χ1v) is 7.42. The van der Waals surface area contributed by atoms with Gasteiger partial charge in [0.15, 0.2) is 0 Å². The zero-order chi connectivity index (χ0) is 12.0. The molecule has 0 spiro atoms. The molecule has 0 saturated carbocycles. The van der Waals surface area contributed by atoms with Gasteiger partial charge in [0, 0.05) is 35.4 Å². The van der Waals surface area contributed by atoms with Crippen molar-refractivity contribution in [2.45, 2.75) is 19.9 Å². The van der Waals surface area contributed by atoms with Crippen molar-refractivity contribution < 1.29 is 4.21 Å². The number of rotatable bonds is 6. The average molecular weight is 239 g/mol. The SMILES string of the molecule is CC(C)C(NCCS(C)=O)c1ccccc1. The number of benzene rings is 1. The van der Waals surface area contributed by atoms with Crippen LogP contribution in [0.1, 0.15) is 25.5 Å². The van der Waals surface area contributed by atoms with E-state index in [0.29, 0.717) is 12.0 Å². The fraction of sp³-hybridized carbons (Fsp3) is 0.538. The van der Waals surface area contributed by atoms with Crippen LogP contribution in [0.5, 0.6) is 0 Å². The average Bonchev–Trinajstić information content (AvgIpc) is 2.25. The number of hydrogen-bond donors (Lipinski definition) is 1. The summed E-state index contributed by atoms with van der Waals surface area (Å²) in [5.41, 5.74) is 1.30. The van der Waals surface area contributed by atoms with E-state index in [-0.39, 0.29) is 0 Å². The highest BCUT2D eigenvalue weighted by Crippen LogP contribution is 2.20. The summed E-state index contributed by atoms with van der Waals surface area (Å²) in [6.45, 7) is 5.21. The Balaban J connectivity index is 2.58. The minimum absolute atomic E-state index is 0.352. The van der Waals surface area contributed by atoms with Crippen LogP contribution in [-0.4, -0.2) is 22.8 Å². The van der Waals surface area contributed by atoms with Gasteiger partial charge in [-0.15, -0.1) is 0 Å². The maximum atomic E-state index is 11.0. The summed E-state index contributed by atoms with van der Waals surface area (Å²) >= 11 is 0. The van der Waals surface area contributed by atoms with Crippen molar-refractivity contribution in [3.63, 3.8) is 0 Å². The molecular formula is C13H21NOS. The Bertz CT molecular complexity index is 324. The minimum atomic E-state index is -0.714. The fourth-order valence-corrected chi connectivity index (χ4v) is 2.16. The van der Waals surface area contributed by atoms with Crippen molar-refractivity contribution >= 4 is 10.8 Å². The summed E-state index contributed by atoms with van der Waals surface area (Å²) < 4.78 is 11.0. The highest BCUT2D eigenvalue weighted by Gasteiger charge is 2.14. The van der Waals surface area contributed by atoms with Crippen LogP contribution in [-0.2, 0) is 10.8 Å². The molecule has 2 nitrogen and oxygen atoms in total. The molecule has 0 radical (unpaired) electrons. The van der Waals surface area contributed by atoms with Gasteiger partial charge >= 0.3 is 0 Å². The van der Waals surface area contributed by atoms with E-state index in [4.69, 9.17) is 0 Å². The fourth-order valence-electron chi connectivity index (χ4n) is 1.76. The third-order valence-electron chi connectivity index (χ3n) is 2.58. The Labute approximate surface area is 101 Å². The first-order valence-electron chi connectivity index (χ1n) is 5.69. The lowest BCUT2D eigenvalue weighted by molar-refractivity contribution is 0.422. The first-order chi connectivity index (χ1) is 7.61. The van der Waals surface area contributed by atoms with Crippen LogP contribution in [0.4, 0.5) is 0 Å². The molecule has 0 bridgehead atoms. The summed E-state index contributed by atoms with van der Waals surface area (Å²) in [6.07, 6.45) is 1.74. The van der Waals surface area contributed by atoms with E-state index in [0.717, 1.165) is 12.3 Å². The van der Waals surface area contributed by atoms with Gasteiger partial charge in [0.1, 0.15) is 0 Å². The summed E-state index contributed by atoms with van der Waals surface area (Å²) in [5, 5.41) is 3.47. The summed E-state index contributed by atoms with van der Waals surface area (Å²) in [5.74, 6) is 1.25. The molecule has 90 valence electrons. The first kappa shape index (κ1) is 13.4. The second kappa shape index (κ2) is 6.81. The van der Waals surface area contributed by atoms with E-state index < -0.39 is 10.8 Å². The van der Waals surface area contributed by atoms with Crippen LogP contribution in [0.25, 0.3) is 0 Å². The molecule has 16 heavy (non-hydrogen) atoms. The Kier molecular flexibility index (Phi) is 5.71. The lowest BCUT2D eigenvalue weighted by atomic mass is 9.96. The molecule has 3 heteroatoms. The molecule has 0 aliphatic rings. The van der Waals surface area contributed by atoms with Gasteiger partial charge in [0.25, 0.3) is 0 Å². The van der Waals surface area contributed by atoms with E-state index in [2.05, 4.69) is 43.4 Å². The van der Waals surface area contributed by atoms with Gasteiger partial charge < -0.3 is 5.32 Å². The summed E-state index contributed by atoms with van der Waals surface area (Å²) in [6, 6.07) is 10.8. The van der Waals surface area contributed by atoms with Gasteiger partial charge in [-0.3, -0.25) is 4.21 Å². The van der Waals surface area contributed by atoms with Crippen molar-refractivity contribution in [2.75, 3.05) is 18.6 Å². The van der Waals surface area contributed by atoms with Crippen LogP contribution in [0.3, 0.4) is 0 Å². The molecule has 0 fully saturated rings. The van der Waals surface area contributed by atoms with Crippen LogP contribution in [0.2, 0.25) is 0 Å². The van der Waals surface area contributed by atoms with Gasteiger partial charge in [-0.25, -0.2) is 0 Å². The molecule has 0 heterocycles. The third kappa shape index (κ3) is 4.45. The van der Waals surface area contributed by atoms with E-state index in [1.54, 1.807) is 6.26 Å².